The molecule has 0 aromatic carbocycles. The lowest BCUT2D eigenvalue weighted by Gasteiger charge is -2.40. The molecule has 11 heavy (non-hydrogen) atoms. The van der Waals surface area contributed by atoms with Gasteiger partial charge in [0, 0.05) is 6.54 Å². The summed E-state index contributed by atoms with van der Waals surface area (Å²) in [5, 5.41) is 17.9. The van der Waals surface area contributed by atoms with Crippen LogP contribution in [0.3, 0.4) is 0 Å². The number of likely N-dealkylation sites (tertiary alicyclic amines) is 1. The number of hydrogen-bond acceptors (Lipinski definition) is 3. The summed E-state index contributed by atoms with van der Waals surface area (Å²) in [5.41, 5.74) is 0. The van der Waals surface area contributed by atoms with Crippen LogP contribution < -0.4 is 0 Å². The molecule has 0 saturated carbocycles. The van der Waals surface area contributed by atoms with Crippen LogP contribution in [0.4, 0.5) is 0 Å². The molecule has 2 atom stereocenters. The van der Waals surface area contributed by atoms with Gasteiger partial charge in [0.15, 0.2) is 0 Å². The minimum absolute atomic E-state index is 0.454. The summed E-state index contributed by atoms with van der Waals surface area (Å²) in [6, 6.07) is -0.454. The van der Waals surface area contributed by atoms with E-state index in [2.05, 4.69) is 0 Å². The lowest BCUT2D eigenvalue weighted by atomic mass is 10.0. The normalized spacial score (nSPS) is 27.6. The van der Waals surface area contributed by atoms with E-state index in [4.69, 9.17) is 5.11 Å². The number of carboxylic acids is 1. The predicted molar refractivity (Wildman–Crippen MR) is 39.0 cm³/mol. The summed E-state index contributed by atoms with van der Waals surface area (Å²) >= 11 is 0. The Morgan fingerprint density at radius 2 is 2.45 bits per heavy atom. The van der Waals surface area contributed by atoms with Crippen LogP contribution in [0.25, 0.3) is 0 Å². The topological polar surface area (TPSA) is 60.8 Å². The molecule has 4 nitrogen and oxygen atoms in total. The van der Waals surface area contributed by atoms with Gasteiger partial charge in [-0.15, -0.1) is 0 Å². The molecule has 1 fully saturated rings. The van der Waals surface area contributed by atoms with Gasteiger partial charge < -0.3 is 10.2 Å². The zero-order chi connectivity index (χ0) is 8.43. The largest absolute Gasteiger partial charge is 0.480 e. The van der Waals surface area contributed by atoms with Gasteiger partial charge in [0.2, 0.25) is 0 Å². The van der Waals surface area contributed by atoms with Crippen LogP contribution in [0, 0.1) is 0 Å². The van der Waals surface area contributed by atoms with Crippen molar-refractivity contribution < 1.29 is 15.0 Å². The van der Waals surface area contributed by atoms with E-state index in [0.717, 1.165) is 0 Å². The van der Waals surface area contributed by atoms with Gasteiger partial charge in [-0.25, -0.2) is 0 Å². The molecule has 1 aliphatic heterocycles. The Morgan fingerprint density at radius 1 is 1.82 bits per heavy atom. The Morgan fingerprint density at radius 3 is 2.73 bits per heavy atom. The molecule has 0 aromatic rings. The number of carbonyl (C=O) groups is 1. The number of nitrogens with zero attached hydrogens (tertiary/aromatic N) is 1. The second kappa shape index (κ2) is 3.19. The van der Waals surface area contributed by atoms with Gasteiger partial charge in [0.05, 0.1) is 0 Å². The van der Waals surface area contributed by atoms with Gasteiger partial charge in [-0.3, -0.25) is 9.69 Å². The summed E-state index contributed by atoms with van der Waals surface area (Å²) in [5.74, 6) is -0.830. The number of rotatable bonds is 3. The number of aliphatic carboxylic acids is 1. The Labute approximate surface area is 65.4 Å². The monoisotopic (exact) mass is 159 g/mol. The molecule has 0 bridgehead atoms. The Balaban J connectivity index is 2.42. The third-order valence-corrected chi connectivity index (χ3v) is 2.09. The van der Waals surface area contributed by atoms with E-state index in [1.54, 1.807) is 4.90 Å². The number of aliphatic hydroxyl groups is 1. The van der Waals surface area contributed by atoms with Crippen molar-refractivity contribution in [3.63, 3.8) is 0 Å². The second-order valence-corrected chi connectivity index (χ2v) is 2.77. The lowest BCUT2D eigenvalue weighted by molar-refractivity contribution is -0.158. The van der Waals surface area contributed by atoms with Crippen LogP contribution in [-0.2, 0) is 4.79 Å². The molecular weight excluding hydrogens is 146 g/mol. The maximum atomic E-state index is 10.5. The van der Waals surface area contributed by atoms with Crippen molar-refractivity contribution >= 4 is 5.97 Å². The summed E-state index contributed by atoms with van der Waals surface area (Å²) in [4.78, 5) is 12.1. The summed E-state index contributed by atoms with van der Waals surface area (Å²) in [7, 11) is 0. The minimum atomic E-state index is -0.830. The van der Waals surface area contributed by atoms with E-state index in [-0.39, 0.29) is 0 Å². The molecule has 4 heteroatoms. The maximum absolute atomic E-state index is 10.5. The molecular formula is C7H13NO3. The van der Waals surface area contributed by atoms with Crippen molar-refractivity contribution in [2.45, 2.75) is 32.0 Å². The quantitative estimate of drug-likeness (QED) is 0.602. The van der Waals surface area contributed by atoms with E-state index in [1.807, 2.05) is 6.92 Å². The van der Waals surface area contributed by atoms with Gasteiger partial charge in [-0.1, -0.05) is 6.92 Å². The first-order valence-electron chi connectivity index (χ1n) is 3.83. The van der Waals surface area contributed by atoms with Crippen molar-refractivity contribution in [2.75, 3.05) is 6.54 Å². The van der Waals surface area contributed by atoms with Crippen molar-refractivity contribution in [1.82, 2.24) is 4.90 Å². The highest BCUT2D eigenvalue weighted by molar-refractivity contribution is 5.74. The Bertz CT molecular complexity index is 160. The fourth-order valence-electron chi connectivity index (χ4n) is 1.26. The van der Waals surface area contributed by atoms with Crippen LogP contribution >= 0.6 is 0 Å². The van der Waals surface area contributed by atoms with Crippen LogP contribution in [-0.4, -0.2) is 39.9 Å². The molecule has 1 saturated heterocycles. The second-order valence-electron chi connectivity index (χ2n) is 2.77. The zero-order valence-electron chi connectivity index (χ0n) is 6.53. The van der Waals surface area contributed by atoms with Crippen LogP contribution in [0.15, 0.2) is 0 Å². The van der Waals surface area contributed by atoms with Gasteiger partial charge >= 0.3 is 5.97 Å². The molecule has 0 spiro atoms. The first-order chi connectivity index (χ1) is 5.16. The highest BCUT2D eigenvalue weighted by Gasteiger charge is 2.37. The highest BCUT2D eigenvalue weighted by atomic mass is 16.4. The fourth-order valence-corrected chi connectivity index (χ4v) is 1.26. The predicted octanol–water partition coefficient (Wildman–Crippen LogP) is -0.126. The van der Waals surface area contributed by atoms with E-state index < -0.39 is 18.2 Å². The van der Waals surface area contributed by atoms with Crippen molar-refractivity contribution in [2.24, 2.45) is 0 Å². The first kappa shape index (κ1) is 8.49. The van der Waals surface area contributed by atoms with Gasteiger partial charge in [-0.2, -0.15) is 0 Å². The molecule has 0 radical (unpaired) electrons. The SMILES string of the molecule is CC[C@@H](O)N1CC[C@H]1C(=O)O. The van der Waals surface area contributed by atoms with E-state index >= 15 is 0 Å². The lowest BCUT2D eigenvalue weighted by Crippen LogP contribution is -2.56. The van der Waals surface area contributed by atoms with E-state index in [9.17, 15) is 9.90 Å². The summed E-state index contributed by atoms with van der Waals surface area (Å²) in [6.45, 7) is 2.54. The molecule has 2 N–H and O–H groups in total. The maximum Gasteiger partial charge on any atom is 0.321 e. The smallest absolute Gasteiger partial charge is 0.321 e. The van der Waals surface area contributed by atoms with Crippen LogP contribution in [0.2, 0.25) is 0 Å². The van der Waals surface area contributed by atoms with E-state index in [0.29, 0.717) is 19.4 Å². The third-order valence-electron chi connectivity index (χ3n) is 2.09. The third kappa shape index (κ3) is 1.52. The molecule has 64 valence electrons. The standard InChI is InChI=1S/C7H13NO3/c1-2-6(9)8-4-3-5(8)7(10)11/h5-6,9H,2-4H2,1H3,(H,10,11)/t5-,6+/m0/s1. The van der Waals surface area contributed by atoms with Crippen molar-refractivity contribution in [3.8, 4) is 0 Å². The average molecular weight is 159 g/mol. The van der Waals surface area contributed by atoms with Crippen molar-refractivity contribution in [3.05, 3.63) is 0 Å². The van der Waals surface area contributed by atoms with Gasteiger partial charge in [0.25, 0.3) is 0 Å². The molecule has 1 aliphatic rings. The van der Waals surface area contributed by atoms with Crippen molar-refractivity contribution in [1.29, 1.82) is 0 Å². The molecule has 1 rings (SSSR count). The highest BCUT2D eigenvalue weighted by Crippen LogP contribution is 2.20. The zero-order valence-corrected chi connectivity index (χ0v) is 6.53. The van der Waals surface area contributed by atoms with Crippen LogP contribution in [0.1, 0.15) is 19.8 Å². The number of aliphatic hydroxyl groups excluding tert-OH is 1. The van der Waals surface area contributed by atoms with Gasteiger partial charge in [-0.05, 0) is 12.8 Å². The van der Waals surface area contributed by atoms with Gasteiger partial charge in [0.1, 0.15) is 12.3 Å². The molecule has 0 aromatic heterocycles. The number of hydrogen-bond donors (Lipinski definition) is 2. The molecule has 0 unspecified atom stereocenters. The molecule has 0 amide bonds. The fraction of sp³-hybridized carbons (Fsp3) is 0.857. The Kier molecular flexibility index (Phi) is 2.46. The molecule has 0 aliphatic carbocycles. The first-order valence-corrected chi connectivity index (χ1v) is 3.83. The summed E-state index contributed by atoms with van der Waals surface area (Å²) < 4.78 is 0. The molecule has 1 heterocycles. The van der Waals surface area contributed by atoms with E-state index in [1.165, 1.54) is 0 Å². The average Bonchev–Trinajstić information content (AvgIpc) is 1.83. The van der Waals surface area contributed by atoms with Crippen LogP contribution in [0.5, 0.6) is 0 Å². The summed E-state index contributed by atoms with van der Waals surface area (Å²) in [6.07, 6.45) is 0.667. The minimum Gasteiger partial charge on any atom is -0.480 e. The Hall–Kier alpha value is -0.610. The number of carboxylic acid groups (broad SMARTS) is 1.